The van der Waals surface area contributed by atoms with Gasteiger partial charge in [0.25, 0.3) is 5.69 Å². The topological polar surface area (TPSA) is 68.9 Å². The Labute approximate surface area is 83.4 Å². The number of nitro benzene ring substituents is 1. The molecule has 2 aromatic rings. The normalized spacial score (nSPS) is 10.0. The van der Waals surface area contributed by atoms with Gasteiger partial charge in [0.2, 0.25) is 0 Å². The molecule has 1 heterocycles. The monoisotopic (exact) mass is 207 g/mol. The first-order chi connectivity index (χ1) is 6.77. The molecule has 70 valence electrons. The summed E-state index contributed by atoms with van der Waals surface area (Å²) in [6.07, 6.45) is 0. The van der Waals surface area contributed by atoms with Crippen LogP contribution in [0.4, 0.5) is 5.69 Å². The Bertz CT molecular complexity index is 455. The summed E-state index contributed by atoms with van der Waals surface area (Å²) in [4.78, 5) is 14.0. The fourth-order valence-corrected chi connectivity index (χ4v) is 1.50. The molecule has 0 radical (unpaired) electrons. The maximum absolute atomic E-state index is 10.5. The first-order valence-electron chi connectivity index (χ1n) is 3.78. The number of nitro groups is 1. The Balaban J connectivity index is 2.46. The minimum atomic E-state index is -0.435. The van der Waals surface area contributed by atoms with Gasteiger partial charge in [0.05, 0.1) is 4.92 Å². The van der Waals surface area contributed by atoms with E-state index in [0.29, 0.717) is 11.4 Å². The highest BCUT2D eigenvalue weighted by atomic mass is 32.1. The van der Waals surface area contributed by atoms with Crippen LogP contribution in [0, 0.1) is 10.1 Å². The van der Waals surface area contributed by atoms with E-state index in [0.717, 1.165) is 0 Å². The van der Waals surface area contributed by atoms with E-state index in [1.165, 1.54) is 23.7 Å². The van der Waals surface area contributed by atoms with Gasteiger partial charge in [0.15, 0.2) is 5.82 Å². The van der Waals surface area contributed by atoms with E-state index in [9.17, 15) is 10.1 Å². The molecule has 0 fully saturated rings. The first kappa shape index (κ1) is 8.76. The minimum Gasteiger partial charge on any atom is -0.258 e. The van der Waals surface area contributed by atoms with E-state index < -0.39 is 4.92 Å². The molecule has 0 aliphatic rings. The zero-order valence-electron chi connectivity index (χ0n) is 6.95. The van der Waals surface area contributed by atoms with Gasteiger partial charge in [-0.3, -0.25) is 10.1 Å². The number of aromatic nitrogens is 2. The van der Waals surface area contributed by atoms with Crippen molar-refractivity contribution in [1.82, 2.24) is 9.36 Å². The van der Waals surface area contributed by atoms with Crippen LogP contribution < -0.4 is 0 Å². The first-order valence-corrected chi connectivity index (χ1v) is 4.62. The summed E-state index contributed by atoms with van der Waals surface area (Å²) in [5, 5.41) is 10.5. The SMILES string of the molecule is O=[N+]([O-])c1cccc(-c2ncsn2)c1. The molecular weight excluding hydrogens is 202 g/mol. The molecule has 0 bridgehead atoms. The van der Waals surface area contributed by atoms with Crippen molar-refractivity contribution in [3.63, 3.8) is 0 Å². The fourth-order valence-electron chi connectivity index (χ4n) is 1.06. The number of non-ortho nitro benzene ring substituents is 1. The molecule has 0 atom stereocenters. The van der Waals surface area contributed by atoms with Gasteiger partial charge >= 0.3 is 0 Å². The number of hydrogen-bond acceptors (Lipinski definition) is 5. The van der Waals surface area contributed by atoms with Crippen molar-refractivity contribution in [2.45, 2.75) is 0 Å². The fraction of sp³-hybridized carbons (Fsp3) is 0. The maximum atomic E-state index is 10.5. The van der Waals surface area contributed by atoms with E-state index >= 15 is 0 Å². The summed E-state index contributed by atoms with van der Waals surface area (Å²) < 4.78 is 3.99. The van der Waals surface area contributed by atoms with Gasteiger partial charge in [0.1, 0.15) is 5.51 Å². The molecule has 2 rings (SSSR count). The summed E-state index contributed by atoms with van der Waals surface area (Å²) >= 11 is 1.22. The van der Waals surface area contributed by atoms with Crippen molar-refractivity contribution in [3.05, 3.63) is 39.9 Å². The molecule has 0 unspecified atom stereocenters. The van der Waals surface area contributed by atoms with E-state index in [1.54, 1.807) is 17.6 Å². The van der Waals surface area contributed by atoms with Crippen molar-refractivity contribution in [2.75, 3.05) is 0 Å². The van der Waals surface area contributed by atoms with Gasteiger partial charge in [-0.05, 0) is 11.5 Å². The highest BCUT2D eigenvalue weighted by Crippen LogP contribution is 2.20. The molecule has 0 aliphatic heterocycles. The zero-order chi connectivity index (χ0) is 9.97. The van der Waals surface area contributed by atoms with Gasteiger partial charge in [-0.15, -0.1) is 0 Å². The molecule has 6 heteroatoms. The summed E-state index contributed by atoms with van der Waals surface area (Å²) in [7, 11) is 0. The molecule has 0 saturated carbocycles. The second kappa shape index (κ2) is 3.51. The van der Waals surface area contributed by atoms with Crippen molar-refractivity contribution >= 4 is 17.2 Å². The third kappa shape index (κ3) is 1.60. The van der Waals surface area contributed by atoms with Crippen LogP contribution in [-0.4, -0.2) is 14.3 Å². The Morgan fingerprint density at radius 2 is 2.29 bits per heavy atom. The van der Waals surface area contributed by atoms with E-state index in [2.05, 4.69) is 9.36 Å². The van der Waals surface area contributed by atoms with Crippen LogP contribution in [0.2, 0.25) is 0 Å². The van der Waals surface area contributed by atoms with Crippen LogP contribution in [0.3, 0.4) is 0 Å². The van der Waals surface area contributed by atoms with E-state index in [1.807, 2.05) is 0 Å². The quantitative estimate of drug-likeness (QED) is 0.558. The van der Waals surface area contributed by atoms with Crippen LogP contribution in [0.1, 0.15) is 0 Å². The molecule has 0 N–H and O–H groups in total. The van der Waals surface area contributed by atoms with Crippen LogP contribution in [-0.2, 0) is 0 Å². The molecule has 1 aromatic carbocycles. The Kier molecular flexibility index (Phi) is 2.19. The Morgan fingerprint density at radius 3 is 2.93 bits per heavy atom. The third-order valence-corrected chi connectivity index (χ3v) is 2.15. The van der Waals surface area contributed by atoms with Crippen LogP contribution in [0.25, 0.3) is 11.4 Å². The largest absolute Gasteiger partial charge is 0.270 e. The highest BCUT2D eigenvalue weighted by Gasteiger charge is 2.08. The standard InChI is InChI=1S/C8H5N3O2S/c12-11(13)7-3-1-2-6(4-7)8-9-5-14-10-8/h1-5H. The van der Waals surface area contributed by atoms with Gasteiger partial charge < -0.3 is 0 Å². The predicted octanol–water partition coefficient (Wildman–Crippen LogP) is 2.11. The smallest absolute Gasteiger partial charge is 0.258 e. The van der Waals surface area contributed by atoms with Crippen molar-refractivity contribution in [1.29, 1.82) is 0 Å². The maximum Gasteiger partial charge on any atom is 0.270 e. The predicted molar refractivity (Wildman–Crippen MR) is 52.0 cm³/mol. The second-order valence-electron chi connectivity index (χ2n) is 2.56. The molecule has 0 saturated heterocycles. The van der Waals surface area contributed by atoms with Gasteiger partial charge in [-0.2, -0.15) is 4.37 Å². The second-order valence-corrected chi connectivity index (χ2v) is 3.17. The van der Waals surface area contributed by atoms with Gasteiger partial charge in [0, 0.05) is 17.7 Å². The molecule has 1 aromatic heterocycles. The lowest BCUT2D eigenvalue weighted by molar-refractivity contribution is -0.384. The van der Waals surface area contributed by atoms with Crippen molar-refractivity contribution < 1.29 is 4.92 Å². The van der Waals surface area contributed by atoms with Crippen molar-refractivity contribution in [2.24, 2.45) is 0 Å². The molecule has 5 nitrogen and oxygen atoms in total. The average molecular weight is 207 g/mol. The Morgan fingerprint density at radius 1 is 1.43 bits per heavy atom. The number of rotatable bonds is 2. The molecular formula is C8H5N3O2S. The lowest BCUT2D eigenvalue weighted by Crippen LogP contribution is -1.88. The van der Waals surface area contributed by atoms with Crippen LogP contribution in [0.15, 0.2) is 29.8 Å². The van der Waals surface area contributed by atoms with Crippen LogP contribution >= 0.6 is 11.5 Å². The van der Waals surface area contributed by atoms with E-state index in [4.69, 9.17) is 0 Å². The third-order valence-electron chi connectivity index (χ3n) is 1.68. The lowest BCUT2D eigenvalue weighted by atomic mass is 10.2. The van der Waals surface area contributed by atoms with Crippen LogP contribution in [0.5, 0.6) is 0 Å². The molecule has 14 heavy (non-hydrogen) atoms. The molecule has 0 aliphatic carbocycles. The molecule has 0 spiro atoms. The summed E-state index contributed by atoms with van der Waals surface area (Å²) in [5.41, 5.74) is 2.31. The van der Waals surface area contributed by atoms with Gasteiger partial charge in [-0.25, -0.2) is 4.98 Å². The number of nitrogens with zero attached hydrogens (tertiary/aromatic N) is 3. The molecule has 0 amide bonds. The zero-order valence-corrected chi connectivity index (χ0v) is 7.77. The van der Waals surface area contributed by atoms with Crippen molar-refractivity contribution in [3.8, 4) is 11.4 Å². The Hall–Kier alpha value is -1.82. The summed E-state index contributed by atoms with van der Waals surface area (Å²) in [5.74, 6) is 0.527. The lowest BCUT2D eigenvalue weighted by Gasteiger charge is -1.94. The van der Waals surface area contributed by atoms with E-state index in [-0.39, 0.29) is 5.69 Å². The summed E-state index contributed by atoms with van der Waals surface area (Å²) in [6.45, 7) is 0. The minimum absolute atomic E-state index is 0.0531. The highest BCUT2D eigenvalue weighted by molar-refractivity contribution is 7.03. The summed E-state index contributed by atoms with van der Waals surface area (Å²) in [6, 6.07) is 6.27. The average Bonchev–Trinajstić information content (AvgIpc) is 2.71. The number of hydrogen-bond donors (Lipinski definition) is 0. The number of benzene rings is 1. The van der Waals surface area contributed by atoms with Gasteiger partial charge in [-0.1, -0.05) is 12.1 Å².